The average Bonchev–Trinajstić information content (AvgIpc) is 2.98. The van der Waals surface area contributed by atoms with Crippen LogP contribution in [-0.4, -0.2) is 28.8 Å². The Hall–Kier alpha value is -4.40. The molecule has 4 aromatic carbocycles. The van der Waals surface area contributed by atoms with Gasteiger partial charge in [0.05, 0.1) is 10.6 Å². The van der Waals surface area contributed by atoms with Gasteiger partial charge in [-0.05, 0) is 52.6 Å². The van der Waals surface area contributed by atoms with E-state index in [1.807, 2.05) is 30.3 Å². The summed E-state index contributed by atoms with van der Waals surface area (Å²) in [6.07, 6.45) is -4.24. The second-order valence-electron chi connectivity index (χ2n) is 9.64. The molecule has 0 fully saturated rings. The van der Waals surface area contributed by atoms with E-state index in [1.165, 1.54) is 6.07 Å². The minimum absolute atomic E-state index is 0.0429. The number of hydrogen-bond acceptors (Lipinski definition) is 3. The Labute approximate surface area is 255 Å². The second-order valence-corrected chi connectivity index (χ2v) is 10.5. The van der Waals surface area contributed by atoms with Gasteiger partial charge in [-0.3, -0.25) is 9.59 Å². The van der Waals surface area contributed by atoms with Crippen molar-refractivity contribution in [1.29, 1.82) is 0 Å². The molecule has 2 N–H and O–H groups in total. The average molecular weight is 626 g/mol. The normalized spacial score (nSPS) is 12.4. The summed E-state index contributed by atoms with van der Waals surface area (Å²) in [7, 11) is 0. The van der Waals surface area contributed by atoms with Crippen molar-refractivity contribution in [3.8, 4) is 11.1 Å². The maximum absolute atomic E-state index is 13.5. The highest BCUT2D eigenvalue weighted by atomic mass is 35.5. The number of Topliss-reactive ketones (excluding diaryl/α,β-unsaturated/α-hetero) is 1. The highest BCUT2D eigenvalue weighted by Crippen LogP contribution is 2.35. The van der Waals surface area contributed by atoms with Crippen LogP contribution in [0.5, 0.6) is 0 Å². The summed E-state index contributed by atoms with van der Waals surface area (Å²) in [6, 6.07) is 24.1. The van der Waals surface area contributed by atoms with Crippen LogP contribution in [0.4, 0.5) is 13.2 Å². The summed E-state index contributed by atoms with van der Waals surface area (Å²) in [6.45, 7) is 0. The molecule has 0 saturated heterocycles. The Balaban J connectivity index is 1.64. The van der Waals surface area contributed by atoms with Gasteiger partial charge in [-0.2, -0.15) is 13.2 Å². The van der Waals surface area contributed by atoms with Crippen molar-refractivity contribution < 1.29 is 32.7 Å². The number of carboxylic acid groups (broad SMARTS) is 1. The van der Waals surface area contributed by atoms with Gasteiger partial charge in [-0.1, -0.05) is 96.0 Å². The van der Waals surface area contributed by atoms with E-state index in [1.54, 1.807) is 48.5 Å². The third kappa shape index (κ3) is 8.56. The number of hydrogen-bond donors (Lipinski definition) is 2. The van der Waals surface area contributed by atoms with Crippen molar-refractivity contribution in [2.24, 2.45) is 0 Å². The van der Waals surface area contributed by atoms with E-state index in [9.17, 15) is 32.7 Å². The molecular formula is C33H24Cl2F3NO4. The zero-order chi connectivity index (χ0) is 31.1. The maximum atomic E-state index is 13.5. The number of amides is 1. The molecule has 0 aliphatic heterocycles. The van der Waals surface area contributed by atoms with E-state index in [0.717, 1.165) is 29.3 Å². The lowest BCUT2D eigenvalue weighted by Gasteiger charge is -2.17. The van der Waals surface area contributed by atoms with Gasteiger partial charge in [0.2, 0.25) is 5.91 Å². The Bertz CT molecular complexity index is 1650. The summed E-state index contributed by atoms with van der Waals surface area (Å²) >= 11 is 11.6. The predicted octanol–water partition coefficient (Wildman–Crippen LogP) is 8.15. The van der Waals surface area contributed by atoms with Gasteiger partial charge in [0, 0.05) is 29.0 Å². The fourth-order valence-electron chi connectivity index (χ4n) is 4.31. The molecule has 1 unspecified atom stereocenters. The van der Waals surface area contributed by atoms with Crippen LogP contribution >= 0.6 is 23.2 Å². The molecule has 4 aromatic rings. The number of carboxylic acids is 1. The molecule has 10 heteroatoms. The number of ketones is 1. The van der Waals surface area contributed by atoms with Crippen LogP contribution in [0.25, 0.3) is 17.2 Å². The largest absolute Gasteiger partial charge is 0.480 e. The van der Waals surface area contributed by atoms with Crippen molar-refractivity contribution in [3.63, 3.8) is 0 Å². The minimum Gasteiger partial charge on any atom is -0.480 e. The highest BCUT2D eigenvalue weighted by Gasteiger charge is 2.33. The molecule has 1 atom stereocenters. The van der Waals surface area contributed by atoms with Crippen molar-refractivity contribution in [3.05, 3.63) is 135 Å². The molecular weight excluding hydrogens is 602 g/mol. The first-order valence-electron chi connectivity index (χ1n) is 12.9. The number of halogens is 5. The lowest BCUT2D eigenvalue weighted by atomic mass is 9.97. The van der Waals surface area contributed by atoms with Crippen LogP contribution in [0.2, 0.25) is 10.0 Å². The van der Waals surface area contributed by atoms with E-state index in [4.69, 9.17) is 23.2 Å². The molecule has 4 rings (SSSR count). The molecule has 0 radical (unpaired) electrons. The van der Waals surface area contributed by atoms with Gasteiger partial charge < -0.3 is 10.4 Å². The first-order valence-corrected chi connectivity index (χ1v) is 13.7. The van der Waals surface area contributed by atoms with Gasteiger partial charge in [-0.15, -0.1) is 0 Å². The molecule has 0 heterocycles. The number of alkyl halides is 3. The molecule has 0 spiro atoms. The third-order valence-electron chi connectivity index (χ3n) is 6.55. The molecule has 0 aromatic heterocycles. The number of nitrogens with one attached hydrogen (secondary N) is 1. The minimum atomic E-state index is -4.76. The molecule has 0 aliphatic rings. The summed E-state index contributed by atoms with van der Waals surface area (Å²) in [4.78, 5) is 38.7. The van der Waals surface area contributed by atoms with Crippen molar-refractivity contribution in [2.45, 2.75) is 25.1 Å². The number of rotatable bonds is 10. The zero-order valence-corrected chi connectivity index (χ0v) is 23.9. The van der Waals surface area contributed by atoms with Gasteiger partial charge in [0.25, 0.3) is 0 Å². The summed E-state index contributed by atoms with van der Waals surface area (Å²) < 4.78 is 40.5. The van der Waals surface area contributed by atoms with E-state index in [-0.39, 0.29) is 23.1 Å². The number of carbonyl (C=O) groups excluding carboxylic acids is 2. The first-order chi connectivity index (χ1) is 20.4. The topological polar surface area (TPSA) is 83.5 Å². The number of carbonyl (C=O) groups is 3. The second kappa shape index (κ2) is 13.7. The van der Waals surface area contributed by atoms with E-state index in [0.29, 0.717) is 10.6 Å². The van der Waals surface area contributed by atoms with Crippen molar-refractivity contribution in [1.82, 2.24) is 5.32 Å². The standard InChI is InChI=1S/C33H24Cl2F3NO4/c34-26-13-6-20(7-14-26)18-29(32(42)43)39-31(41)25(16-21-8-15-28(35)27(17-21)33(36,37)38)19-30(40)24-11-9-23(10-12-24)22-4-2-1-3-5-22/h1-17,29H,18-19H2,(H,39,41)(H,42,43)/b25-16-. The van der Waals surface area contributed by atoms with E-state index in [2.05, 4.69) is 5.32 Å². The Morgan fingerprint density at radius 2 is 1.47 bits per heavy atom. The SMILES string of the molecule is O=C(NC(Cc1ccc(Cl)cc1)C(=O)O)/C(=C\c1ccc(Cl)c(C(F)(F)F)c1)CC(=O)c1ccc(-c2ccccc2)cc1. The first kappa shape index (κ1) is 31.5. The number of aliphatic carboxylic acids is 1. The molecule has 0 saturated carbocycles. The van der Waals surface area contributed by atoms with E-state index >= 15 is 0 Å². The van der Waals surface area contributed by atoms with Gasteiger partial charge in [-0.25, -0.2) is 4.79 Å². The molecule has 0 aliphatic carbocycles. The van der Waals surface area contributed by atoms with Crippen molar-refractivity contribution >= 4 is 46.9 Å². The van der Waals surface area contributed by atoms with Crippen LogP contribution in [0.15, 0.2) is 103 Å². The quantitative estimate of drug-likeness (QED) is 0.138. The monoisotopic (exact) mass is 625 g/mol. The molecule has 220 valence electrons. The third-order valence-corrected chi connectivity index (χ3v) is 7.13. The summed E-state index contributed by atoms with van der Waals surface area (Å²) in [5, 5.41) is 12.1. The van der Waals surface area contributed by atoms with Gasteiger partial charge >= 0.3 is 12.1 Å². The maximum Gasteiger partial charge on any atom is 0.417 e. The van der Waals surface area contributed by atoms with Crippen LogP contribution in [0.3, 0.4) is 0 Å². The molecule has 0 bridgehead atoms. The number of benzene rings is 4. The van der Waals surface area contributed by atoms with Gasteiger partial charge in [0.1, 0.15) is 6.04 Å². The van der Waals surface area contributed by atoms with E-state index < -0.39 is 46.9 Å². The Morgan fingerprint density at radius 3 is 2.07 bits per heavy atom. The zero-order valence-electron chi connectivity index (χ0n) is 22.4. The lowest BCUT2D eigenvalue weighted by molar-refractivity contribution is -0.141. The van der Waals surface area contributed by atoms with Crippen molar-refractivity contribution in [2.75, 3.05) is 0 Å². The molecule has 5 nitrogen and oxygen atoms in total. The van der Waals surface area contributed by atoms with Crippen LogP contribution in [-0.2, 0) is 22.2 Å². The van der Waals surface area contributed by atoms with Crippen LogP contribution in [0, 0.1) is 0 Å². The smallest absolute Gasteiger partial charge is 0.417 e. The summed E-state index contributed by atoms with van der Waals surface area (Å²) in [5.74, 6) is -2.74. The predicted molar refractivity (Wildman–Crippen MR) is 160 cm³/mol. The van der Waals surface area contributed by atoms with Gasteiger partial charge in [0.15, 0.2) is 5.78 Å². The fourth-order valence-corrected chi connectivity index (χ4v) is 4.66. The summed E-state index contributed by atoms with van der Waals surface area (Å²) in [5.41, 5.74) is 1.25. The molecule has 43 heavy (non-hydrogen) atoms. The highest BCUT2D eigenvalue weighted by molar-refractivity contribution is 6.31. The Morgan fingerprint density at radius 1 is 0.837 bits per heavy atom. The molecule has 1 amide bonds. The lowest BCUT2D eigenvalue weighted by Crippen LogP contribution is -2.43. The van der Waals surface area contributed by atoms with Crippen LogP contribution < -0.4 is 5.32 Å². The fraction of sp³-hybridized carbons (Fsp3) is 0.121. The Kier molecular flexibility index (Phi) is 10.1. The van der Waals surface area contributed by atoms with Crippen LogP contribution in [0.1, 0.15) is 33.5 Å².